The maximum atomic E-state index is 11.4. The van der Waals surface area contributed by atoms with Crippen molar-refractivity contribution in [3.8, 4) is 0 Å². The standard InChI is InChI=1S/C15H21N3O2/c16-17-15(19)14-6-5-13(20-14)10-18-8-7-11-3-1-2-4-12(11)9-18/h1-4,13-14H,5-10,16H2,(H,17,19). The number of hydrogen-bond acceptors (Lipinski definition) is 4. The van der Waals surface area contributed by atoms with Crippen LogP contribution in [0, 0.1) is 0 Å². The average Bonchev–Trinajstić information content (AvgIpc) is 2.95. The van der Waals surface area contributed by atoms with Crippen LogP contribution in [0.25, 0.3) is 0 Å². The highest BCUT2D eigenvalue weighted by atomic mass is 16.5. The number of rotatable bonds is 3. The van der Waals surface area contributed by atoms with Crippen LogP contribution in [-0.2, 0) is 22.5 Å². The topological polar surface area (TPSA) is 67.6 Å². The van der Waals surface area contributed by atoms with Gasteiger partial charge in [-0.25, -0.2) is 5.84 Å². The SMILES string of the molecule is NNC(=O)C1CCC(CN2CCc3ccccc3C2)O1. The Labute approximate surface area is 119 Å². The normalized spacial score (nSPS) is 26.2. The quantitative estimate of drug-likeness (QED) is 0.481. The third-order valence-electron chi connectivity index (χ3n) is 4.21. The van der Waals surface area contributed by atoms with Gasteiger partial charge in [0.15, 0.2) is 0 Å². The Bertz CT molecular complexity index is 492. The molecule has 0 spiro atoms. The Morgan fingerprint density at radius 3 is 2.95 bits per heavy atom. The van der Waals surface area contributed by atoms with Crippen molar-refractivity contribution in [2.45, 2.75) is 38.0 Å². The number of ether oxygens (including phenoxy) is 1. The van der Waals surface area contributed by atoms with Crippen molar-refractivity contribution < 1.29 is 9.53 Å². The predicted octanol–water partition coefficient (Wildman–Crippen LogP) is 0.582. The van der Waals surface area contributed by atoms with Gasteiger partial charge in [-0.15, -0.1) is 0 Å². The number of carbonyl (C=O) groups excluding carboxylic acids is 1. The molecule has 3 rings (SSSR count). The van der Waals surface area contributed by atoms with Gasteiger partial charge in [0.05, 0.1) is 6.10 Å². The number of nitrogens with two attached hydrogens (primary N) is 1. The summed E-state index contributed by atoms with van der Waals surface area (Å²) in [7, 11) is 0. The van der Waals surface area contributed by atoms with E-state index in [0.717, 1.165) is 38.9 Å². The van der Waals surface area contributed by atoms with Gasteiger partial charge in [-0.1, -0.05) is 24.3 Å². The fraction of sp³-hybridized carbons (Fsp3) is 0.533. The monoisotopic (exact) mass is 275 g/mol. The van der Waals surface area contributed by atoms with Crippen LogP contribution in [-0.4, -0.2) is 36.1 Å². The van der Waals surface area contributed by atoms with Crippen LogP contribution >= 0.6 is 0 Å². The van der Waals surface area contributed by atoms with Crippen molar-refractivity contribution in [2.75, 3.05) is 13.1 Å². The molecular formula is C15H21N3O2. The van der Waals surface area contributed by atoms with Crippen LogP contribution in [0.4, 0.5) is 0 Å². The molecule has 0 saturated carbocycles. The first kappa shape index (κ1) is 13.5. The molecule has 2 atom stereocenters. The van der Waals surface area contributed by atoms with E-state index in [1.165, 1.54) is 11.1 Å². The fourth-order valence-electron chi connectivity index (χ4n) is 3.12. The summed E-state index contributed by atoms with van der Waals surface area (Å²) in [5.41, 5.74) is 5.03. The van der Waals surface area contributed by atoms with E-state index in [1.807, 2.05) is 0 Å². The van der Waals surface area contributed by atoms with Gasteiger partial charge in [0.1, 0.15) is 6.10 Å². The molecule has 1 saturated heterocycles. The zero-order chi connectivity index (χ0) is 13.9. The molecule has 0 bridgehead atoms. The first-order valence-corrected chi connectivity index (χ1v) is 7.21. The Balaban J connectivity index is 1.54. The molecule has 1 aromatic rings. The minimum Gasteiger partial charge on any atom is -0.364 e. The highest BCUT2D eigenvalue weighted by Gasteiger charge is 2.31. The third-order valence-corrected chi connectivity index (χ3v) is 4.21. The Hall–Kier alpha value is -1.43. The summed E-state index contributed by atoms with van der Waals surface area (Å²) < 4.78 is 5.77. The molecular weight excluding hydrogens is 254 g/mol. The van der Waals surface area contributed by atoms with Gasteiger partial charge in [-0.3, -0.25) is 15.1 Å². The fourth-order valence-corrected chi connectivity index (χ4v) is 3.12. The Morgan fingerprint density at radius 2 is 2.15 bits per heavy atom. The highest BCUT2D eigenvalue weighted by molar-refractivity contribution is 5.80. The number of fused-ring (bicyclic) bond motifs is 1. The number of benzene rings is 1. The minimum absolute atomic E-state index is 0.141. The summed E-state index contributed by atoms with van der Waals surface area (Å²) in [6.07, 6.45) is 2.55. The van der Waals surface area contributed by atoms with Gasteiger partial charge in [0.2, 0.25) is 0 Å². The van der Waals surface area contributed by atoms with Crippen LogP contribution in [0.3, 0.4) is 0 Å². The third kappa shape index (κ3) is 2.85. The number of nitrogens with zero attached hydrogens (tertiary/aromatic N) is 1. The van der Waals surface area contributed by atoms with Crippen LogP contribution in [0.1, 0.15) is 24.0 Å². The van der Waals surface area contributed by atoms with Gasteiger partial charge in [-0.2, -0.15) is 0 Å². The molecule has 2 heterocycles. The number of carbonyl (C=O) groups is 1. The van der Waals surface area contributed by atoms with E-state index in [2.05, 4.69) is 34.6 Å². The summed E-state index contributed by atoms with van der Waals surface area (Å²) in [5.74, 6) is 4.93. The van der Waals surface area contributed by atoms with Gasteiger partial charge >= 0.3 is 0 Å². The lowest BCUT2D eigenvalue weighted by Crippen LogP contribution is -2.40. The van der Waals surface area contributed by atoms with E-state index < -0.39 is 0 Å². The molecule has 2 aliphatic rings. The number of amides is 1. The lowest BCUT2D eigenvalue weighted by Gasteiger charge is -2.30. The van der Waals surface area contributed by atoms with Crippen molar-refractivity contribution in [1.82, 2.24) is 10.3 Å². The predicted molar refractivity (Wildman–Crippen MR) is 75.6 cm³/mol. The lowest BCUT2D eigenvalue weighted by atomic mass is 9.99. The molecule has 0 aliphatic carbocycles. The Kier molecular flexibility index (Phi) is 4.00. The molecule has 2 aliphatic heterocycles. The summed E-state index contributed by atoms with van der Waals surface area (Å²) in [5, 5.41) is 0. The summed E-state index contributed by atoms with van der Waals surface area (Å²) in [6.45, 7) is 2.93. The van der Waals surface area contributed by atoms with Crippen molar-refractivity contribution >= 4 is 5.91 Å². The van der Waals surface area contributed by atoms with Crippen LogP contribution in [0.5, 0.6) is 0 Å². The Morgan fingerprint density at radius 1 is 1.35 bits per heavy atom. The van der Waals surface area contributed by atoms with Crippen LogP contribution < -0.4 is 11.3 Å². The molecule has 5 nitrogen and oxygen atoms in total. The molecule has 3 N–H and O–H groups in total. The van der Waals surface area contributed by atoms with E-state index in [0.29, 0.717) is 0 Å². The highest BCUT2D eigenvalue weighted by Crippen LogP contribution is 2.24. The lowest BCUT2D eigenvalue weighted by molar-refractivity contribution is -0.132. The smallest absolute Gasteiger partial charge is 0.263 e. The van der Waals surface area contributed by atoms with E-state index in [1.54, 1.807) is 0 Å². The zero-order valence-electron chi connectivity index (χ0n) is 11.5. The van der Waals surface area contributed by atoms with Gasteiger partial charge in [0.25, 0.3) is 5.91 Å². The summed E-state index contributed by atoms with van der Waals surface area (Å²) in [4.78, 5) is 13.9. The van der Waals surface area contributed by atoms with Crippen LogP contribution in [0.2, 0.25) is 0 Å². The second-order valence-electron chi connectivity index (χ2n) is 5.59. The van der Waals surface area contributed by atoms with E-state index in [-0.39, 0.29) is 18.1 Å². The van der Waals surface area contributed by atoms with Crippen LogP contribution in [0.15, 0.2) is 24.3 Å². The average molecular weight is 275 g/mol. The van der Waals surface area contributed by atoms with Gasteiger partial charge in [-0.05, 0) is 30.4 Å². The number of nitrogens with one attached hydrogen (secondary N) is 1. The first-order chi connectivity index (χ1) is 9.76. The van der Waals surface area contributed by atoms with Crippen molar-refractivity contribution in [1.29, 1.82) is 0 Å². The molecule has 20 heavy (non-hydrogen) atoms. The molecule has 5 heteroatoms. The zero-order valence-corrected chi connectivity index (χ0v) is 11.5. The molecule has 0 radical (unpaired) electrons. The first-order valence-electron chi connectivity index (χ1n) is 7.21. The van der Waals surface area contributed by atoms with Gasteiger partial charge in [0, 0.05) is 19.6 Å². The number of hydrazine groups is 1. The molecule has 0 aromatic heterocycles. The second-order valence-corrected chi connectivity index (χ2v) is 5.59. The minimum atomic E-state index is -0.373. The molecule has 1 aromatic carbocycles. The van der Waals surface area contributed by atoms with E-state index >= 15 is 0 Å². The molecule has 108 valence electrons. The molecule has 1 fully saturated rings. The molecule has 1 amide bonds. The summed E-state index contributed by atoms with van der Waals surface area (Å²) in [6, 6.07) is 8.60. The number of hydrogen-bond donors (Lipinski definition) is 2. The van der Waals surface area contributed by atoms with Crippen molar-refractivity contribution in [2.24, 2.45) is 5.84 Å². The van der Waals surface area contributed by atoms with Gasteiger partial charge < -0.3 is 4.74 Å². The van der Waals surface area contributed by atoms with Crippen molar-refractivity contribution in [3.05, 3.63) is 35.4 Å². The summed E-state index contributed by atoms with van der Waals surface area (Å²) >= 11 is 0. The van der Waals surface area contributed by atoms with Crippen molar-refractivity contribution in [3.63, 3.8) is 0 Å². The van der Waals surface area contributed by atoms with E-state index in [9.17, 15) is 4.79 Å². The van der Waals surface area contributed by atoms with E-state index in [4.69, 9.17) is 10.6 Å². The maximum absolute atomic E-state index is 11.4. The maximum Gasteiger partial charge on any atom is 0.263 e. The second kappa shape index (κ2) is 5.91. The molecule has 2 unspecified atom stereocenters. The largest absolute Gasteiger partial charge is 0.364 e.